The molecule has 0 saturated carbocycles. The van der Waals surface area contributed by atoms with E-state index in [-0.39, 0.29) is 5.60 Å². The third-order valence-electron chi connectivity index (χ3n) is 3.48. The second kappa shape index (κ2) is 5.75. The summed E-state index contributed by atoms with van der Waals surface area (Å²) in [4.78, 5) is 0. The number of rotatable bonds is 4. The molecule has 1 aliphatic rings. The molecule has 0 aromatic heterocycles. The standard InChI is InChI=1S/C17H19NO/c1-14(2)5-3-10-17(11-4-12-19-17)16-8-6-15(13-18)7-9-16/h4-9,12H,3,10-11H2,1-2H3/t17-/m1/s1. The highest BCUT2D eigenvalue weighted by Gasteiger charge is 2.34. The van der Waals surface area contributed by atoms with Crippen LogP contribution in [0.4, 0.5) is 0 Å². The molecule has 1 aliphatic heterocycles. The van der Waals surface area contributed by atoms with E-state index in [1.54, 1.807) is 6.26 Å². The van der Waals surface area contributed by atoms with Crippen LogP contribution in [0.3, 0.4) is 0 Å². The van der Waals surface area contributed by atoms with Gasteiger partial charge in [-0.2, -0.15) is 5.26 Å². The largest absolute Gasteiger partial charge is 0.490 e. The molecule has 0 radical (unpaired) electrons. The van der Waals surface area contributed by atoms with Gasteiger partial charge in [0.05, 0.1) is 17.9 Å². The predicted octanol–water partition coefficient (Wildman–Crippen LogP) is 4.43. The first kappa shape index (κ1) is 13.4. The molecule has 0 unspecified atom stereocenters. The molecule has 0 fully saturated rings. The van der Waals surface area contributed by atoms with Crippen LogP contribution in [0.15, 0.2) is 48.3 Å². The number of allylic oxidation sites excluding steroid dienone is 2. The zero-order valence-corrected chi connectivity index (χ0v) is 11.5. The van der Waals surface area contributed by atoms with Crippen LogP contribution in [0, 0.1) is 11.3 Å². The van der Waals surface area contributed by atoms with E-state index in [2.05, 4.69) is 32.1 Å². The fourth-order valence-electron chi connectivity index (χ4n) is 2.40. The second-order valence-corrected chi connectivity index (χ2v) is 5.20. The lowest BCUT2D eigenvalue weighted by atomic mass is 9.86. The van der Waals surface area contributed by atoms with Crippen molar-refractivity contribution in [3.63, 3.8) is 0 Å². The van der Waals surface area contributed by atoms with Crippen molar-refractivity contribution >= 4 is 0 Å². The van der Waals surface area contributed by atoms with Gasteiger partial charge in [0.2, 0.25) is 0 Å². The molecule has 19 heavy (non-hydrogen) atoms. The zero-order chi connectivity index (χ0) is 13.7. The molecule has 1 atom stereocenters. The van der Waals surface area contributed by atoms with Gasteiger partial charge in [-0.25, -0.2) is 0 Å². The summed E-state index contributed by atoms with van der Waals surface area (Å²) < 4.78 is 5.89. The van der Waals surface area contributed by atoms with Crippen LogP contribution in [0.25, 0.3) is 0 Å². The molecule has 0 amide bonds. The van der Waals surface area contributed by atoms with Gasteiger partial charge >= 0.3 is 0 Å². The van der Waals surface area contributed by atoms with Crippen LogP contribution in [-0.4, -0.2) is 0 Å². The van der Waals surface area contributed by atoms with Gasteiger partial charge in [-0.1, -0.05) is 23.8 Å². The Bertz CT molecular complexity index is 519. The van der Waals surface area contributed by atoms with E-state index in [0.717, 1.165) is 24.8 Å². The lowest BCUT2D eigenvalue weighted by Crippen LogP contribution is -2.24. The third kappa shape index (κ3) is 3.06. The van der Waals surface area contributed by atoms with Crippen LogP contribution in [0.5, 0.6) is 0 Å². The average molecular weight is 253 g/mol. The van der Waals surface area contributed by atoms with Crippen molar-refractivity contribution < 1.29 is 4.74 Å². The summed E-state index contributed by atoms with van der Waals surface area (Å²) in [6.45, 7) is 4.23. The number of hydrogen-bond donors (Lipinski definition) is 0. The molecule has 0 bridgehead atoms. The summed E-state index contributed by atoms with van der Waals surface area (Å²) in [7, 11) is 0. The first-order chi connectivity index (χ1) is 9.16. The average Bonchev–Trinajstić information content (AvgIpc) is 2.88. The highest BCUT2D eigenvalue weighted by Crippen LogP contribution is 2.39. The molecule has 1 heterocycles. The Morgan fingerprint density at radius 3 is 2.63 bits per heavy atom. The lowest BCUT2D eigenvalue weighted by Gasteiger charge is -2.29. The molecule has 0 N–H and O–H groups in total. The molecule has 2 rings (SSSR count). The molecule has 2 nitrogen and oxygen atoms in total. The van der Waals surface area contributed by atoms with E-state index in [1.165, 1.54) is 5.57 Å². The van der Waals surface area contributed by atoms with Crippen molar-refractivity contribution in [1.29, 1.82) is 5.26 Å². The number of nitriles is 1. The highest BCUT2D eigenvalue weighted by atomic mass is 16.5. The molecular formula is C17H19NO. The number of hydrogen-bond acceptors (Lipinski definition) is 2. The van der Waals surface area contributed by atoms with Crippen LogP contribution in [-0.2, 0) is 10.3 Å². The Labute approximate surface area is 115 Å². The van der Waals surface area contributed by atoms with Crippen LogP contribution in [0.2, 0.25) is 0 Å². The Morgan fingerprint density at radius 2 is 2.11 bits per heavy atom. The van der Waals surface area contributed by atoms with Gasteiger partial charge in [-0.05, 0) is 50.5 Å². The maximum Gasteiger partial charge on any atom is 0.137 e. The quantitative estimate of drug-likeness (QED) is 0.743. The smallest absolute Gasteiger partial charge is 0.137 e. The summed E-state index contributed by atoms with van der Waals surface area (Å²) in [5.41, 5.74) is 2.92. The summed E-state index contributed by atoms with van der Waals surface area (Å²) >= 11 is 0. The zero-order valence-electron chi connectivity index (χ0n) is 11.5. The van der Waals surface area contributed by atoms with Crippen molar-refractivity contribution in [1.82, 2.24) is 0 Å². The molecule has 1 aromatic rings. The predicted molar refractivity (Wildman–Crippen MR) is 76.3 cm³/mol. The minimum atomic E-state index is -0.250. The maximum atomic E-state index is 8.86. The Morgan fingerprint density at radius 1 is 1.37 bits per heavy atom. The van der Waals surface area contributed by atoms with Crippen molar-refractivity contribution in [3.05, 3.63) is 59.4 Å². The van der Waals surface area contributed by atoms with Gasteiger partial charge in [0.25, 0.3) is 0 Å². The minimum Gasteiger partial charge on any atom is -0.490 e. The topological polar surface area (TPSA) is 33.0 Å². The summed E-state index contributed by atoms with van der Waals surface area (Å²) in [6, 6.07) is 9.89. The normalized spacial score (nSPS) is 20.7. The SMILES string of the molecule is CC(C)=CCC[C@]1(c2ccc(C#N)cc2)CC=CO1. The van der Waals surface area contributed by atoms with Crippen molar-refractivity contribution in [2.24, 2.45) is 0 Å². The van der Waals surface area contributed by atoms with Gasteiger partial charge in [0.15, 0.2) is 0 Å². The summed E-state index contributed by atoms with van der Waals surface area (Å²) in [5.74, 6) is 0. The van der Waals surface area contributed by atoms with E-state index in [0.29, 0.717) is 5.56 Å². The van der Waals surface area contributed by atoms with Gasteiger partial charge in [-0.3, -0.25) is 0 Å². The fourth-order valence-corrected chi connectivity index (χ4v) is 2.40. The van der Waals surface area contributed by atoms with Crippen LogP contribution >= 0.6 is 0 Å². The molecule has 98 valence electrons. The van der Waals surface area contributed by atoms with Crippen LogP contribution in [0.1, 0.15) is 44.2 Å². The van der Waals surface area contributed by atoms with Gasteiger partial charge < -0.3 is 4.74 Å². The van der Waals surface area contributed by atoms with Gasteiger partial charge in [0.1, 0.15) is 5.60 Å². The highest BCUT2D eigenvalue weighted by molar-refractivity contribution is 5.35. The fraction of sp³-hybridized carbons (Fsp3) is 0.353. The molecule has 0 saturated heterocycles. The first-order valence-electron chi connectivity index (χ1n) is 6.63. The van der Waals surface area contributed by atoms with E-state index in [4.69, 9.17) is 10.00 Å². The maximum absolute atomic E-state index is 8.86. The molecule has 0 spiro atoms. The first-order valence-corrected chi connectivity index (χ1v) is 6.63. The second-order valence-electron chi connectivity index (χ2n) is 5.20. The van der Waals surface area contributed by atoms with Crippen molar-refractivity contribution in [2.45, 2.75) is 38.7 Å². The summed E-state index contributed by atoms with van der Waals surface area (Å²) in [6.07, 6.45) is 8.96. The number of benzene rings is 1. The molecule has 1 aromatic carbocycles. The van der Waals surface area contributed by atoms with Gasteiger partial charge in [0, 0.05) is 6.42 Å². The van der Waals surface area contributed by atoms with E-state index in [9.17, 15) is 0 Å². The van der Waals surface area contributed by atoms with Crippen LogP contribution < -0.4 is 0 Å². The third-order valence-corrected chi connectivity index (χ3v) is 3.48. The van der Waals surface area contributed by atoms with Crippen molar-refractivity contribution in [3.8, 4) is 6.07 Å². The van der Waals surface area contributed by atoms with Gasteiger partial charge in [-0.15, -0.1) is 0 Å². The summed E-state index contributed by atoms with van der Waals surface area (Å²) in [5, 5.41) is 8.86. The minimum absolute atomic E-state index is 0.250. The Hall–Kier alpha value is -2.01. The molecule has 0 aliphatic carbocycles. The van der Waals surface area contributed by atoms with E-state index in [1.807, 2.05) is 24.3 Å². The number of ether oxygens (including phenoxy) is 1. The lowest BCUT2D eigenvalue weighted by molar-refractivity contribution is 0.0333. The number of nitrogens with zero attached hydrogens (tertiary/aromatic N) is 1. The monoisotopic (exact) mass is 253 g/mol. The Kier molecular flexibility index (Phi) is 4.06. The molecule has 2 heteroatoms. The van der Waals surface area contributed by atoms with Crippen molar-refractivity contribution in [2.75, 3.05) is 0 Å². The van der Waals surface area contributed by atoms with E-state index < -0.39 is 0 Å². The Balaban J connectivity index is 2.19. The van der Waals surface area contributed by atoms with E-state index >= 15 is 0 Å². The molecular weight excluding hydrogens is 234 g/mol.